The summed E-state index contributed by atoms with van der Waals surface area (Å²) in [6.07, 6.45) is 4.34. The second kappa shape index (κ2) is 10.8. The lowest BCUT2D eigenvalue weighted by atomic mass is 9.97. The van der Waals surface area contributed by atoms with E-state index in [1.807, 2.05) is 33.8 Å². The molecule has 0 spiro atoms. The normalized spacial score (nSPS) is 14.3. The number of likely N-dealkylation sites (tertiary alicyclic amines) is 1. The number of carbonyl (C=O) groups excluding carboxylic acids is 1. The summed E-state index contributed by atoms with van der Waals surface area (Å²) in [7, 11) is 0. The molecule has 0 bridgehead atoms. The molecule has 3 heterocycles. The molecule has 11 nitrogen and oxygen atoms in total. The third-order valence-electron chi connectivity index (χ3n) is 4.91. The van der Waals surface area contributed by atoms with Crippen LogP contribution in [-0.2, 0) is 4.74 Å². The molecule has 0 aromatic carbocycles. The minimum atomic E-state index is -0.491. The Hall–Kier alpha value is -3.68. The molecule has 1 aliphatic rings. The maximum absolute atomic E-state index is 12.3. The van der Waals surface area contributed by atoms with Gasteiger partial charge in [-0.25, -0.2) is 14.8 Å². The highest BCUT2D eigenvalue weighted by atomic mass is 16.6. The van der Waals surface area contributed by atoms with E-state index in [4.69, 9.17) is 14.7 Å². The van der Waals surface area contributed by atoms with Gasteiger partial charge in [-0.05, 0) is 46.5 Å². The van der Waals surface area contributed by atoms with Gasteiger partial charge in [0.1, 0.15) is 23.2 Å². The van der Waals surface area contributed by atoms with E-state index in [0.29, 0.717) is 55.4 Å². The van der Waals surface area contributed by atoms with Crippen molar-refractivity contribution in [3.8, 4) is 11.9 Å². The zero-order valence-corrected chi connectivity index (χ0v) is 19.5. The first kappa shape index (κ1) is 24.0. The molecular formula is C22H30N8O3. The molecule has 33 heavy (non-hydrogen) atoms. The van der Waals surface area contributed by atoms with Crippen LogP contribution in [0.1, 0.15) is 46.2 Å². The molecule has 1 fully saturated rings. The van der Waals surface area contributed by atoms with Crippen LogP contribution in [0.2, 0.25) is 0 Å². The van der Waals surface area contributed by atoms with Crippen LogP contribution in [-0.4, -0.2) is 63.0 Å². The quantitative estimate of drug-likeness (QED) is 0.640. The smallest absolute Gasteiger partial charge is 0.410 e. The monoisotopic (exact) mass is 454 g/mol. The fraction of sp³-hybridized carbons (Fsp3) is 0.545. The summed E-state index contributed by atoms with van der Waals surface area (Å²) >= 11 is 0. The summed E-state index contributed by atoms with van der Waals surface area (Å²) in [4.78, 5) is 22.2. The number of hydrogen-bond acceptors (Lipinski definition) is 10. The third kappa shape index (κ3) is 7.17. The molecule has 0 aliphatic carbocycles. The van der Waals surface area contributed by atoms with Crippen LogP contribution in [0.5, 0.6) is 5.88 Å². The van der Waals surface area contributed by atoms with Gasteiger partial charge in [0.2, 0.25) is 0 Å². The molecule has 2 aromatic heterocycles. The Bertz CT molecular complexity index is 977. The second-order valence-corrected chi connectivity index (χ2v) is 8.70. The van der Waals surface area contributed by atoms with Gasteiger partial charge in [0.25, 0.3) is 5.88 Å². The number of nitriles is 1. The van der Waals surface area contributed by atoms with Crippen molar-refractivity contribution < 1.29 is 14.3 Å². The number of amides is 1. The highest BCUT2D eigenvalue weighted by Gasteiger charge is 2.27. The van der Waals surface area contributed by atoms with Crippen LogP contribution in [0.25, 0.3) is 0 Å². The number of nitrogens with one attached hydrogen (secondary N) is 2. The number of aromatic nitrogens is 4. The summed E-state index contributed by atoms with van der Waals surface area (Å²) in [5.74, 6) is 1.74. The number of piperidine rings is 1. The Morgan fingerprint density at radius 2 is 1.97 bits per heavy atom. The molecule has 3 rings (SSSR count). The van der Waals surface area contributed by atoms with Gasteiger partial charge in [-0.2, -0.15) is 5.26 Å². The van der Waals surface area contributed by atoms with Crippen molar-refractivity contribution in [1.82, 2.24) is 25.1 Å². The highest BCUT2D eigenvalue weighted by Crippen LogP contribution is 2.27. The Labute approximate surface area is 193 Å². The number of hydrogen-bond donors (Lipinski definition) is 2. The average molecular weight is 455 g/mol. The van der Waals surface area contributed by atoms with E-state index in [1.165, 1.54) is 12.4 Å². The van der Waals surface area contributed by atoms with Gasteiger partial charge in [-0.1, -0.05) is 0 Å². The summed E-state index contributed by atoms with van der Waals surface area (Å²) in [6.45, 7) is 10.0. The van der Waals surface area contributed by atoms with Gasteiger partial charge in [0, 0.05) is 25.7 Å². The molecule has 176 valence electrons. The van der Waals surface area contributed by atoms with Crippen molar-refractivity contribution in [2.45, 2.75) is 46.1 Å². The van der Waals surface area contributed by atoms with Crippen molar-refractivity contribution in [2.75, 3.05) is 36.9 Å². The molecule has 0 radical (unpaired) electrons. The van der Waals surface area contributed by atoms with E-state index in [0.717, 1.165) is 12.8 Å². The minimum Gasteiger partial charge on any atom is -0.475 e. The molecule has 0 saturated carbocycles. The van der Waals surface area contributed by atoms with Crippen molar-refractivity contribution in [1.29, 1.82) is 5.26 Å². The average Bonchev–Trinajstić information content (AvgIpc) is 2.79. The van der Waals surface area contributed by atoms with Crippen LogP contribution >= 0.6 is 0 Å². The van der Waals surface area contributed by atoms with Crippen molar-refractivity contribution >= 4 is 23.4 Å². The Balaban J connectivity index is 1.58. The van der Waals surface area contributed by atoms with Crippen LogP contribution in [0.15, 0.2) is 18.5 Å². The predicted molar refractivity (Wildman–Crippen MR) is 122 cm³/mol. The summed E-state index contributed by atoms with van der Waals surface area (Å²) < 4.78 is 11.1. The number of ether oxygens (including phenoxy) is 2. The summed E-state index contributed by atoms with van der Waals surface area (Å²) in [5, 5.41) is 23.6. The van der Waals surface area contributed by atoms with E-state index < -0.39 is 5.60 Å². The molecule has 2 N–H and O–H groups in total. The maximum atomic E-state index is 12.3. The lowest BCUT2D eigenvalue weighted by molar-refractivity contribution is 0.0188. The summed E-state index contributed by atoms with van der Waals surface area (Å²) in [6, 6.07) is 3.73. The number of rotatable bonds is 7. The molecule has 2 aromatic rings. The topological polar surface area (TPSA) is 138 Å². The van der Waals surface area contributed by atoms with Crippen molar-refractivity contribution in [3.05, 3.63) is 24.2 Å². The number of carbonyl (C=O) groups is 1. The van der Waals surface area contributed by atoms with Gasteiger partial charge in [-0.15, -0.1) is 10.2 Å². The van der Waals surface area contributed by atoms with Crippen LogP contribution in [0.3, 0.4) is 0 Å². The first-order valence-corrected chi connectivity index (χ1v) is 11.0. The van der Waals surface area contributed by atoms with Crippen LogP contribution in [0, 0.1) is 17.2 Å². The van der Waals surface area contributed by atoms with E-state index >= 15 is 0 Å². The predicted octanol–water partition coefficient (Wildman–Crippen LogP) is 3.34. The van der Waals surface area contributed by atoms with E-state index in [1.54, 1.807) is 11.0 Å². The van der Waals surface area contributed by atoms with E-state index in [-0.39, 0.29) is 11.8 Å². The fourth-order valence-corrected chi connectivity index (χ4v) is 3.29. The van der Waals surface area contributed by atoms with Crippen molar-refractivity contribution in [2.24, 2.45) is 5.92 Å². The minimum absolute atomic E-state index is 0.235. The molecule has 0 atom stereocenters. The standard InChI is InChI=1S/C22H30N8O3/c1-5-32-20-17(10-18(28-29-20)27-19-14-24-16(11-23)13-26-19)25-12-15-6-8-30(9-7-15)21(31)33-22(2,3)4/h10,13-15H,5-9,12H2,1-4H3,(H2,25,26,27,28). The van der Waals surface area contributed by atoms with E-state index in [9.17, 15) is 4.79 Å². The van der Waals surface area contributed by atoms with Gasteiger partial charge in [0.15, 0.2) is 11.5 Å². The number of nitrogens with zero attached hydrogens (tertiary/aromatic N) is 6. The molecule has 1 amide bonds. The summed E-state index contributed by atoms with van der Waals surface area (Å²) in [5.41, 5.74) is 0.457. The van der Waals surface area contributed by atoms with Crippen LogP contribution < -0.4 is 15.4 Å². The van der Waals surface area contributed by atoms with Gasteiger partial charge < -0.3 is 25.0 Å². The largest absolute Gasteiger partial charge is 0.475 e. The van der Waals surface area contributed by atoms with Gasteiger partial charge in [0.05, 0.1) is 19.0 Å². The van der Waals surface area contributed by atoms with Crippen molar-refractivity contribution in [3.63, 3.8) is 0 Å². The first-order valence-electron chi connectivity index (χ1n) is 11.0. The van der Waals surface area contributed by atoms with E-state index in [2.05, 4.69) is 30.8 Å². The Morgan fingerprint density at radius 1 is 1.21 bits per heavy atom. The fourth-order valence-electron chi connectivity index (χ4n) is 3.29. The Morgan fingerprint density at radius 3 is 2.58 bits per heavy atom. The number of anilines is 3. The lowest BCUT2D eigenvalue weighted by Gasteiger charge is -2.33. The van der Waals surface area contributed by atoms with Crippen LogP contribution in [0.4, 0.5) is 22.1 Å². The molecule has 1 aliphatic heterocycles. The first-order chi connectivity index (χ1) is 15.8. The van der Waals surface area contributed by atoms with Gasteiger partial charge >= 0.3 is 6.09 Å². The third-order valence-corrected chi connectivity index (χ3v) is 4.91. The molecule has 1 saturated heterocycles. The zero-order chi connectivity index (χ0) is 23.8. The van der Waals surface area contributed by atoms with Gasteiger partial charge in [-0.3, -0.25) is 0 Å². The lowest BCUT2D eigenvalue weighted by Crippen LogP contribution is -2.42. The highest BCUT2D eigenvalue weighted by molar-refractivity contribution is 5.68. The molecular weight excluding hydrogens is 424 g/mol. The molecule has 11 heteroatoms. The SMILES string of the molecule is CCOc1nnc(Nc2cnc(C#N)cn2)cc1NCC1CCN(C(=O)OC(C)(C)C)CC1. The zero-order valence-electron chi connectivity index (χ0n) is 19.5. The molecule has 0 unspecified atom stereocenters. The Kier molecular flexibility index (Phi) is 7.82. The maximum Gasteiger partial charge on any atom is 0.410 e. The second-order valence-electron chi connectivity index (χ2n) is 8.70.